The van der Waals surface area contributed by atoms with Gasteiger partial charge in [-0.15, -0.1) is 0 Å². The Labute approximate surface area is 176 Å². The van der Waals surface area contributed by atoms with E-state index in [1.165, 1.54) is 4.57 Å². The molecule has 0 saturated heterocycles. The predicted molar refractivity (Wildman–Crippen MR) is 120 cm³/mol. The quantitative estimate of drug-likeness (QED) is 0.631. The number of nitrogens with zero attached hydrogens (tertiary/aromatic N) is 1. The Hall–Kier alpha value is -3.21. The molecule has 0 aliphatic heterocycles. The van der Waals surface area contributed by atoms with Gasteiger partial charge in [-0.25, -0.2) is 4.79 Å². The number of hydrogen-bond acceptors (Lipinski definition) is 3. The number of aromatic nitrogens is 2. The van der Waals surface area contributed by atoms with Crippen molar-refractivity contribution in [1.82, 2.24) is 9.55 Å². The molecular formula is C25H28N2O3. The summed E-state index contributed by atoms with van der Waals surface area (Å²) in [5.74, 6) is -0.294. The predicted octanol–water partition coefficient (Wildman–Crippen LogP) is 4.00. The molecule has 0 aliphatic carbocycles. The first-order valence-corrected chi connectivity index (χ1v) is 10.3. The Kier molecular flexibility index (Phi) is 6.20. The molecule has 5 nitrogen and oxygen atoms in total. The summed E-state index contributed by atoms with van der Waals surface area (Å²) in [4.78, 5) is 41.4. The van der Waals surface area contributed by atoms with Crippen LogP contribution < -0.4 is 11.2 Å². The highest BCUT2D eigenvalue weighted by atomic mass is 16.2. The Morgan fingerprint density at radius 3 is 1.93 bits per heavy atom. The second-order valence-corrected chi connectivity index (χ2v) is 8.12. The molecule has 2 aromatic carbocycles. The second kappa shape index (κ2) is 8.66. The number of aryl methyl sites for hydroxylation is 4. The van der Waals surface area contributed by atoms with E-state index in [4.69, 9.17) is 0 Å². The van der Waals surface area contributed by atoms with E-state index in [1.54, 1.807) is 12.1 Å². The van der Waals surface area contributed by atoms with Crippen molar-refractivity contribution in [1.29, 1.82) is 0 Å². The lowest BCUT2D eigenvalue weighted by Crippen LogP contribution is -2.37. The molecule has 0 saturated carbocycles. The lowest BCUT2D eigenvalue weighted by atomic mass is 9.98. The van der Waals surface area contributed by atoms with Gasteiger partial charge in [-0.3, -0.25) is 19.1 Å². The largest absolute Gasteiger partial charge is 0.329 e. The highest BCUT2D eigenvalue weighted by Gasteiger charge is 2.23. The Bertz CT molecular complexity index is 1190. The van der Waals surface area contributed by atoms with Crippen LogP contribution in [0.3, 0.4) is 0 Å². The molecule has 3 aromatic rings. The van der Waals surface area contributed by atoms with Crippen LogP contribution in [0.5, 0.6) is 0 Å². The van der Waals surface area contributed by atoms with E-state index >= 15 is 0 Å². The topological polar surface area (TPSA) is 71.9 Å². The third kappa shape index (κ3) is 4.51. The minimum absolute atomic E-state index is 0.190. The molecular weight excluding hydrogens is 376 g/mol. The van der Waals surface area contributed by atoms with Crippen molar-refractivity contribution in [2.24, 2.45) is 0 Å². The Morgan fingerprint density at radius 1 is 0.867 bits per heavy atom. The summed E-state index contributed by atoms with van der Waals surface area (Å²) in [7, 11) is 0. The maximum Gasteiger partial charge on any atom is 0.329 e. The fraction of sp³-hybridized carbons (Fsp3) is 0.320. The fourth-order valence-electron chi connectivity index (χ4n) is 4.09. The number of benzene rings is 2. The molecule has 3 rings (SSSR count). The molecule has 0 fully saturated rings. The molecule has 0 bridgehead atoms. The number of carbonyl (C=O) groups excluding carboxylic acids is 1. The van der Waals surface area contributed by atoms with Gasteiger partial charge in [0.1, 0.15) is 5.69 Å². The number of ketones is 1. The van der Waals surface area contributed by atoms with Crippen molar-refractivity contribution in [2.45, 2.75) is 54.0 Å². The van der Waals surface area contributed by atoms with Gasteiger partial charge in [0.25, 0.3) is 5.56 Å². The minimum Gasteiger partial charge on any atom is -0.287 e. The molecule has 0 atom stereocenters. The fourth-order valence-corrected chi connectivity index (χ4v) is 4.09. The van der Waals surface area contributed by atoms with Crippen molar-refractivity contribution < 1.29 is 4.79 Å². The van der Waals surface area contributed by atoms with E-state index in [-0.39, 0.29) is 18.0 Å². The summed E-state index contributed by atoms with van der Waals surface area (Å²) in [6.45, 7) is 10.0. The van der Waals surface area contributed by atoms with E-state index in [9.17, 15) is 14.4 Å². The molecule has 0 spiro atoms. The maximum absolute atomic E-state index is 13.6. The van der Waals surface area contributed by atoms with E-state index in [1.807, 2.05) is 52.8 Å². The molecule has 30 heavy (non-hydrogen) atoms. The van der Waals surface area contributed by atoms with Crippen molar-refractivity contribution in [2.75, 3.05) is 0 Å². The summed E-state index contributed by atoms with van der Waals surface area (Å²) in [5, 5.41) is 0. The lowest BCUT2D eigenvalue weighted by Gasteiger charge is -2.16. The third-order valence-corrected chi connectivity index (χ3v) is 5.12. The maximum atomic E-state index is 13.6. The van der Waals surface area contributed by atoms with Gasteiger partial charge in [-0.05, 0) is 51.8 Å². The van der Waals surface area contributed by atoms with Gasteiger partial charge in [0.05, 0.1) is 6.54 Å². The number of rotatable bonds is 6. The minimum atomic E-state index is -0.563. The van der Waals surface area contributed by atoms with E-state index in [0.717, 1.165) is 27.8 Å². The zero-order valence-corrected chi connectivity index (χ0v) is 18.3. The average Bonchev–Trinajstić information content (AvgIpc) is 2.63. The van der Waals surface area contributed by atoms with E-state index < -0.39 is 11.2 Å². The number of H-pyrrole nitrogens is 1. The van der Waals surface area contributed by atoms with Crippen LogP contribution in [0.15, 0.2) is 46.0 Å². The molecule has 0 radical (unpaired) electrons. The first-order chi connectivity index (χ1) is 14.2. The highest BCUT2D eigenvalue weighted by molar-refractivity contribution is 6.09. The molecule has 1 heterocycles. The summed E-state index contributed by atoms with van der Waals surface area (Å²) < 4.78 is 1.42. The molecule has 0 aliphatic rings. The van der Waals surface area contributed by atoms with Gasteiger partial charge < -0.3 is 0 Å². The van der Waals surface area contributed by atoms with Crippen LogP contribution in [0.4, 0.5) is 0 Å². The highest BCUT2D eigenvalue weighted by Crippen LogP contribution is 2.18. The summed E-state index contributed by atoms with van der Waals surface area (Å²) >= 11 is 0. The van der Waals surface area contributed by atoms with Gasteiger partial charge in [0.15, 0.2) is 0 Å². The molecule has 0 amide bonds. The zero-order chi connectivity index (χ0) is 22.0. The standard InChI is InChI=1S/C25H28N2O3/c1-6-7-21-22(23(28)20-12-17(4)9-18(5)13-20)27(25(30)26-24(21)29)14-19-10-15(2)8-16(3)11-19/h8-13H,6-7,14H2,1-5H3,(H,26,29,30). The van der Waals surface area contributed by atoms with Crippen LogP contribution in [0.25, 0.3) is 0 Å². The van der Waals surface area contributed by atoms with Crippen molar-refractivity contribution in [3.63, 3.8) is 0 Å². The smallest absolute Gasteiger partial charge is 0.287 e. The number of nitrogens with one attached hydrogen (secondary N) is 1. The van der Waals surface area contributed by atoms with Crippen molar-refractivity contribution in [3.8, 4) is 0 Å². The molecule has 1 aromatic heterocycles. The van der Waals surface area contributed by atoms with Gasteiger partial charge in [-0.2, -0.15) is 0 Å². The third-order valence-electron chi connectivity index (χ3n) is 5.12. The van der Waals surface area contributed by atoms with Gasteiger partial charge in [0.2, 0.25) is 5.78 Å². The zero-order valence-electron chi connectivity index (χ0n) is 18.3. The second-order valence-electron chi connectivity index (χ2n) is 8.12. The summed E-state index contributed by atoms with van der Waals surface area (Å²) in [6, 6.07) is 11.6. The van der Waals surface area contributed by atoms with Crippen LogP contribution in [0.1, 0.15) is 62.8 Å². The first kappa shape index (κ1) is 21.5. The molecule has 156 valence electrons. The Morgan fingerprint density at radius 2 is 1.40 bits per heavy atom. The van der Waals surface area contributed by atoms with Crippen LogP contribution in [0, 0.1) is 27.7 Å². The SMILES string of the molecule is CCCc1c(C(=O)c2cc(C)cc(C)c2)n(Cc2cc(C)cc(C)c2)c(=O)[nH]c1=O. The van der Waals surface area contributed by atoms with Crippen LogP contribution in [-0.4, -0.2) is 15.3 Å². The normalized spacial score (nSPS) is 11.0. The summed E-state index contributed by atoms with van der Waals surface area (Å²) in [5.41, 5.74) is 5.00. The summed E-state index contributed by atoms with van der Waals surface area (Å²) in [6.07, 6.45) is 1.12. The van der Waals surface area contributed by atoms with Crippen LogP contribution >= 0.6 is 0 Å². The van der Waals surface area contributed by atoms with E-state index in [0.29, 0.717) is 24.0 Å². The number of carbonyl (C=O) groups is 1. The van der Waals surface area contributed by atoms with E-state index in [2.05, 4.69) is 11.1 Å². The monoisotopic (exact) mass is 404 g/mol. The van der Waals surface area contributed by atoms with Crippen LogP contribution in [-0.2, 0) is 13.0 Å². The molecule has 1 N–H and O–H groups in total. The number of hydrogen-bond donors (Lipinski definition) is 1. The van der Waals surface area contributed by atoms with Gasteiger partial charge in [-0.1, -0.05) is 59.9 Å². The molecule has 5 heteroatoms. The Balaban J connectivity index is 2.26. The van der Waals surface area contributed by atoms with Gasteiger partial charge in [0, 0.05) is 11.1 Å². The lowest BCUT2D eigenvalue weighted by molar-refractivity contribution is 0.102. The van der Waals surface area contributed by atoms with Crippen molar-refractivity contribution >= 4 is 5.78 Å². The number of aromatic amines is 1. The van der Waals surface area contributed by atoms with Gasteiger partial charge >= 0.3 is 5.69 Å². The van der Waals surface area contributed by atoms with Crippen molar-refractivity contribution in [3.05, 3.63) is 102 Å². The van der Waals surface area contributed by atoms with Crippen LogP contribution in [0.2, 0.25) is 0 Å². The average molecular weight is 405 g/mol. The first-order valence-electron chi connectivity index (χ1n) is 10.3. The molecule has 0 unspecified atom stereocenters.